The van der Waals surface area contributed by atoms with E-state index >= 15 is 0 Å². The van der Waals surface area contributed by atoms with Crippen molar-refractivity contribution in [1.82, 2.24) is 4.90 Å². The van der Waals surface area contributed by atoms with Crippen LogP contribution < -0.4 is 0 Å². The number of carbonyl (C=O) groups excluding carboxylic acids is 1. The number of hydrogen-bond donors (Lipinski definition) is 1. The summed E-state index contributed by atoms with van der Waals surface area (Å²) in [6.45, 7) is 2.48. The van der Waals surface area contributed by atoms with Crippen LogP contribution in [0.5, 0.6) is 0 Å². The number of nitrogens with zero attached hydrogens (tertiary/aromatic N) is 1. The molecular formula is C21H23NO3. The second-order valence-corrected chi connectivity index (χ2v) is 7.21. The Kier molecular flexibility index (Phi) is 4.32. The van der Waals surface area contributed by atoms with Gasteiger partial charge in [0.25, 0.3) is 0 Å². The lowest BCUT2D eigenvalue weighted by Crippen LogP contribution is -2.38. The molecule has 2 aliphatic rings. The van der Waals surface area contributed by atoms with Crippen molar-refractivity contribution in [3.63, 3.8) is 0 Å². The minimum atomic E-state index is -0.308. The highest BCUT2D eigenvalue weighted by Gasteiger charge is 2.52. The summed E-state index contributed by atoms with van der Waals surface area (Å²) in [6, 6.07) is 19.9. The zero-order chi connectivity index (χ0) is 17.3. The highest BCUT2D eigenvalue weighted by molar-refractivity contribution is 5.87. The van der Waals surface area contributed by atoms with E-state index in [0.717, 1.165) is 11.1 Å². The van der Waals surface area contributed by atoms with Crippen LogP contribution in [0.3, 0.4) is 0 Å². The van der Waals surface area contributed by atoms with Crippen molar-refractivity contribution in [2.75, 3.05) is 32.9 Å². The van der Waals surface area contributed by atoms with Crippen molar-refractivity contribution >= 4 is 5.91 Å². The first-order chi connectivity index (χ1) is 12.2. The second kappa shape index (κ2) is 6.62. The van der Waals surface area contributed by atoms with Crippen LogP contribution in [0.25, 0.3) is 0 Å². The molecule has 0 aliphatic carbocycles. The summed E-state index contributed by atoms with van der Waals surface area (Å²) in [5.74, 6) is 0.0335. The van der Waals surface area contributed by atoms with Gasteiger partial charge in [0.15, 0.2) is 0 Å². The molecule has 0 radical (unpaired) electrons. The summed E-state index contributed by atoms with van der Waals surface area (Å²) >= 11 is 0. The maximum absolute atomic E-state index is 13.4. The van der Waals surface area contributed by atoms with E-state index in [0.29, 0.717) is 26.3 Å². The Balaban J connectivity index is 1.65. The van der Waals surface area contributed by atoms with Gasteiger partial charge in [-0.3, -0.25) is 4.79 Å². The van der Waals surface area contributed by atoms with Crippen molar-refractivity contribution in [2.45, 2.75) is 5.92 Å². The summed E-state index contributed by atoms with van der Waals surface area (Å²) in [5, 5.41) is 9.88. The monoisotopic (exact) mass is 337 g/mol. The average Bonchev–Trinajstić information content (AvgIpc) is 3.21. The first-order valence-electron chi connectivity index (χ1n) is 8.81. The molecule has 0 aromatic heterocycles. The minimum absolute atomic E-state index is 0.0722. The van der Waals surface area contributed by atoms with Crippen LogP contribution in [0.15, 0.2) is 60.7 Å². The van der Waals surface area contributed by atoms with Crippen LogP contribution in [0.1, 0.15) is 17.0 Å². The van der Waals surface area contributed by atoms with Crippen molar-refractivity contribution in [3.8, 4) is 0 Å². The molecule has 0 bridgehead atoms. The molecule has 2 aliphatic heterocycles. The number of aliphatic hydroxyl groups is 1. The lowest BCUT2D eigenvalue weighted by Gasteiger charge is -2.27. The van der Waals surface area contributed by atoms with Gasteiger partial charge in [-0.25, -0.2) is 0 Å². The van der Waals surface area contributed by atoms with E-state index in [2.05, 4.69) is 0 Å². The summed E-state index contributed by atoms with van der Waals surface area (Å²) in [4.78, 5) is 15.4. The third-order valence-corrected chi connectivity index (χ3v) is 5.66. The summed E-state index contributed by atoms with van der Waals surface area (Å²) in [6.07, 6.45) is 0. The number of carbonyl (C=O) groups is 1. The number of likely N-dealkylation sites (tertiary alicyclic amines) is 1. The van der Waals surface area contributed by atoms with Gasteiger partial charge in [0, 0.05) is 24.4 Å². The molecule has 4 nitrogen and oxygen atoms in total. The quantitative estimate of drug-likeness (QED) is 0.931. The average molecular weight is 337 g/mol. The SMILES string of the molecule is O=C(C(c1ccccc1)c1ccccc1)N1C[C@H]2COC[C@@]2(CO)C1. The van der Waals surface area contributed by atoms with Crippen molar-refractivity contribution in [1.29, 1.82) is 0 Å². The Labute approximate surface area is 148 Å². The van der Waals surface area contributed by atoms with E-state index in [1.165, 1.54) is 0 Å². The fourth-order valence-corrected chi connectivity index (χ4v) is 4.17. The van der Waals surface area contributed by atoms with E-state index < -0.39 is 0 Å². The van der Waals surface area contributed by atoms with Crippen LogP contribution in [-0.4, -0.2) is 48.8 Å². The molecule has 4 heteroatoms. The first kappa shape index (κ1) is 16.3. The second-order valence-electron chi connectivity index (χ2n) is 7.21. The fraction of sp³-hybridized carbons (Fsp3) is 0.381. The Bertz CT molecular complexity index is 694. The topological polar surface area (TPSA) is 49.8 Å². The lowest BCUT2D eigenvalue weighted by atomic mass is 9.82. The van der Waals surface area contributed by atoms with Gasteiger partial charge in [-0.2, -0.15) is 0 Å². The number of aliphatic hydroxyl groups excluding tert-OH is 1. The molecule has 130 valence electrons. The molecule has 0 saturated carbocycles. The minimum Gasteiger partial charge on any atom is -0.396 e. The van der Waals surface area contributed by atoms with E-state index in [-0.39, 0.29) is 29.8 Å². The maximum atomic E-state index is 13.4. The summed E-state index contributed by atoms with van der Waals surface area (Å²) < 4.78 is 5.57. The van der Waals surface area contributed by atoms with E-state index in [4.69, 9.17) is 4.74 Å². The normalized spacial score (nSPS) is 25.4. The van der Waals surface area contributed by atoms with Crippen LogP contribution in [-0.2, 0) is 9.53 Å². The maximum Gasteiger partial charge on any atom is 0.234 e. The van der Waals surface area contributed by atoms with Gasteiger partial charge in [0.1, 0.15) is 0 Å². The third-order valence-electron chi connectivity index (χ3n) is 5.66. The molecule has 2 atom stereocenters. The number of ether oxygens (including phenoxy) is 1. The predicted molar refractivity (Wildman–Crippen MR) is 95.1 cm³/mol. The van der Waals surface area contributed by atoms with Gasteiger partial charge in [-0.05, 0) is 11.1 Å². The third kappa shape index (κ3) is 2.86. The summed E-state index contributed by atoms with van der Waals surface area (Å²) in [5.41, 5.74) is 1.73. The largest absolute Gasteiger partial charge is 0.396 e. The number of amides is 1. The molecule has 1 N–H and O–H groups in total. The van der Waals surface area contributed by atoms with Crippen LogP contribution in [0, 0.1) is 11.3 Å². The number of benzene rings is 2. The van der Waals surface area contributed by atoms with Gasteiger partial charge in [-0.15, -0.1) is 0 Å². The Morgan fingerprint density at radius 3 is 2.24 bits per heavy atom. The van der Waals surface area contributed by atoms with Gasteiger partial charge in [-0.1, -0.05) is 60.7 Å². The Hall–Kier alpha value is -2.17. The lowest BCUT2D eigenvalue weighted by molar-refractivity contribution is -0.131. The Morgan fingerprint density at radius 2 is 1.72 bits per heavy atom. The van der Waals surface area contributed by atoms with Gasteiger partial charge >= 0.3 is 0 Å². The van der Waals surface area contributed by atoms with Crippen LogP contribution >= 0.6 is 0 Å². The molecule has 2 heterocycles. The van der Waals surface area contributed by atoms with E-state index in [9.17, 15) is 9.90 Å². The van der Waals surface area contributed by atoms with Crippen LogP contribution in [0.2, 0.25) is 0 Å². The van der Waals surface area contributed by atoms with Gasteiger partial charge in [0.05, 0.1) is 25.7 Å². The number of fused-ring (bicyclic) bond motifs is 1. The fourth-order valence-electron chi connectivity index (χ4n) is 4.17. The first-order valence-corrected chi connectivity index (χ1v) is 8.81. The molecule has 2 saturated heterocycles. The van der Waals surface area contributed by atoms with E-state index in [1.54, 1.807) is 0 Å². The van der Waals surface area contributed by atoms with Crippen molar-refractivity contribution < 1.29 is 14.6 Å². The molecule has 25 heavy (non-hydrogen) atoms. The van der Waals surface area contributed by atoms with E-state index in [1.807, 2.05) is 65.6 Å². The predicted octanol–water partition coefficient (Wildman–Crippen LogP) is 2.29. The molecular weight excluding hydrogens is 314 g/mol. The summed E-state index contributed by atoms with van der Waals surface area (Å²) in [7, 11) is 0. The molecule has 0 spiro atoms. The molecule has 2 aromatic carbocycles. The Morgan fingerprint density at radius 1 is 1.12 bits per heavy atom. The molecule has 4 rings (SSSR count). The van der Waals surface area contributed by atoms with Crippen molar-refractivity contribution in [3.05, 3.63) is 71.8 Å². The highest BCUT2D eigenvalue weighted by Crippen LogP contribution is 2.42. The number of rotatable bonds is 4. The van der Waals surface area contributed by atoms with Crippen LogP contribution in [0.4, 0.5) is 0 Å². The highest BCUT2D eigenvalue weighted by atomic mass is 16.5. The molecule has 0 unspecified atom stereocenters. The molecule has 2 aromatic rings. The smallest absolute Gasteiger partial charge is 0.234 e. The van der Waals surface area contributed by atoms with Gasteiger partial charge < -0.3 is 14.7 Å². The zero-order valence-electron chi connectivity index (χ0n) is 14.2. The van der Waals surface area contributed by atoms with Gasteiger partial charge in [0.2, 0.25) is 5.91 Å². The number of hydrogen-bond acceptors (Lipinski definition) is 3. The van der Waals surface area contributed by atoms with Crippen molar-refractivity contribution in [2.24, 2.45) is 11.3 Å². The zero-order valence-corrected chi connectivity index (χ0v) is 14.2. The molecule has 1 amide bonds. The standard InChI is InChI=1S/C21H23NO3/c23-14-21-13-22(11-18(21)12-25-15-21)20(24)19(16-7-3-1-4-8-16)17-9-5-2-6-10-17/h1-10,18-19,23H,11-15H2/t18-,21-/m0/s1. The molecule has 2 fully saturated rings.